The van der Waals surface area contributed by atoms with Crippen LogP contribution in [0.1, 0.15) is 15.9 Å². The molecule has 2 atom stereocenters. The van der Waals surface area contributed by atoms with E-state index in [1.54, 1.807) is 60.7 Å². The monoisotopic (exact) mass is 659 g/mol. The third-order valence-electron chi connectivity index (χ3n) is 6.69. The number of ketones is 1. The summed E-state index contributed by atoms with van der Waals surface area (Å²) in [6.45, 7) is -0.667. The first-order valence-corrected chi connectivity index (χ1v) is 16.4. The lowest BCUT2D eigenvalue weighted by Crippen LogP contribution is -2.21. The zero-order valence-electron chi connectivity index (χ0n) is 24.5. The van der Waals surface area contributed by atoms with Gasteiger partial charge < -0.3 is 29.9 Å². The lowest BCUT2D eigenvalue weighted by atomic mass is 10.0. The van der Waals surface area contributed by atoms with Gasteiger partial charge in [-0.3, -0.25) is 4.79 Å². The second-order valence-corrected chi connectivity index (χ2v) is 13.2. The third kappa shape index (κ3) is 8.76. The topological polar surface area (TPSA) is 116 Å². The number of hydrogen-bond acceptors (Lipinski definition) is 8. The van der Waals surface area contributed by atoms with E-state index in [0.717, 1.165) is 19.6 Å². The Morgan fingerprint density at radius 3 is 1.76 bits per heavy atom. The van der Waals surface area contributed by atoms with Gasteiger partial charge in [0.2, 0.25) is 0 Å². The van der Waals surface area contributed by atoms with E-state index in [4.69, 9.17) is 24.8 Å². The first-order valence-electron chi connectivity index (χ1n) is 14.3. The number of halogens is 1. The predicted octanol–water partition coefficient (Wildman–Crippen LogP) is 5.72. The van der Waals surface area contributed by atoms with Crippen molar-refractivity contribution in [1.29, 1.82) is 0 Å². The van der Waals surface area contributed by atoms with Gasteiger partial charge in [-0.05, 0) is 91.0 Å². The van der Waals surface area contributed by atoms with Crippen LogP contribution in [0.2, 0.25) is 0 Å². The van der Waals surface area contributed by atoms with Crippen molar-refractivity contribution in [2.45, 2.75) is 36.9 Å². The molecule has 0 bridgehead atoms. The first kappa shape index (κ1) is 33.2. The summed E-state index contributed by atoms with van der Waals surface area (Å²) in [4.78, 5) is 16.9. The van der Waals surface area contributed by atoms with Crippen molar-refractivity contribution in [3.8, 4) is 11.5 Å². The largest absolute Gasteiger partial charge is 0.491 e. The molecule has 0 heterocycles. The molecule has 46 heavy (non-hydrogen) atoms. The van der Waals surface area contributed by atoms with Gasteiger partial charge in [-0.15, -0.1) is 0 Å². The number of carbonyl (C=O) groups excluding carboxylic acids is 1. The summed E-state index contributed by atoms with van der Waals surface area (Å²) in [5, 5.41) is 36.9. The smallest absolute Gasteiger partial charge is 0.193 e. The minimum atomic E-state index is -1.58. The Morgan fingerprint density at radius 1 is 0.696 bits per heavy atom. The van der Waals surface area contributed by atoms with Crippen molar-refractivity contribution in [3.05, 3.63) is 138 Å². The van der Waals surface area contributed by atoms with Crippen LogP contribution < -0.4 is 9.47 Å². The van der Waals surface area contributed by atoms with Gasteiger partial charge in [-0.2, -0.15) is 0 Å². The van der Waals surface area contributed by atoms with Crippen LogP contribution in [-0.2, 0) is 10.9 Å². The Labute approximate surface area is 273 Å². The Bertz CT molecular complexity index is 1720. The zero-order chi connectivity index (χ0) is 32.5. The van der Waals surface area contributed by atoms with Crippen LogP contribution >= 0.6 is 11.8 Å². The van der Waals surface area contributed by atoms with Crippen LogP contribution in [0.3, 0.4) is 0 Å². The van der Waals surface area contributed by atoms with Crippen LogP contribution in [0.25, 0.3) is 0 Å². The molecule has 0 saturated carbocycles. The third-order valence-corrected chi connectivity index (χ3v) is 9.98. The number of benzene rings is 5. The van der Waals surface area contributed by atoms with Crippen molar-refractivity contribution in [2.24, 2.45) is 0 Å². The maximum Gasteiger partial charge on any atom is 0.193 e. The first-order chi connectivity index (χ1) is 22.3. The number of hydrogen-bond donors (Lipinski definition) is 4. The summed E-state index contributed by atoms with van der Waals surface area (Å²) in [7, 11) is -0.564. The number of rotatable bonds is 14. The highest BCUT2D eigenvalue weighted by molar-refractivity contribution is 7.99. The highest BCUT2D eigenvalue weighted by atomic mass is 32.2. The molecular weight excluding hydrogens is 628 g/mol. The van der Waals surface area contributed by atoms with E-state index in [1.165, 1.54) is 17.8 Å². The molecule has 4 N–H and O–H groups in total. The van der Waals surface area contributed by atoms with Crippen molar-refractivity contribution >= 4 is 28.4 Å². The summed E-state index contributed by atoms with van der Waals surface area (Å²) < 4.78 is 26.1. The van der Waals surface area contributed by atoms with E-state index in [-0.39, 0.29) is 24.6 Å². The molecule has 0 saturated heterocycles. The molecule has 0 aliphatic rings. The lowest BCUT2D eigenvalue weighted by Gasteiger charge is -2.12. The number of carbonyl (C=O) groups is 1. The molecule has 0 aliphatic heterocycles. The van der Waals surface area contributed by atoms with Gasteiger partial charge in [0, 0.05) is 20.9 Å². The van der Waals surface area contributed by atoms with Gasteiger partial charge in [0.1, 0.15) is 36.6 Å². The summed E-state index contributed by atoms with van der Waals surface area (Å²) in [6, 6.07) is 36.0. The fourth-order valence-electron chi connectivity index (χ4n) is 4.42. The van der Waals surface area contributed by atoms with Gasteiger partial charge in [0.15, 0.2) is 26.8 Å². The molecular formula is C36H32FO7S2+. The Kier molecular flexibility index (Phi) is 11.5. The zero-order valence-corrected chi connectivity index (χ0v) is 26.2. The van der Waals surface area contributed by atoms with Crippen LogP contribution in [0.4, 0.5) is 4.39 Å². The highest BCUT2D eigenvalue weighted by Crippen LogP contribution is 2.36. The average Bonchev–Trinajstić information content (AvgIpc) is 3.09. The second kappa shape index (κ2) is 15.9. The predicted molar refractivity (Wildman–Crippen MR) is 174 cm³/mol. The molecule has 0 fully saturated rings. The number of ether oxygens (including phenoxy) is 2. The average molecular weight is 660 g/mol. The van der Waals surface area contributed by atoms with E-state index in [0.29, 0.717) is 22.0 Å². The molecule has 236 valence electrons. The number of aliphatic hydroxyl groups is 4. The van der Waals surface area contributed by atoms with Crippen molar-refractivity contribution in [3.63, 3.8) is 0 Å². The minimum absolute atomic E-state index is 0.0304. The molecule has 5 rings (SSSR count). The van der Waals surface area contributed by atoms with E-state index in [1.807, 2.05) is 54.6 Å². The van der Waals surface area contributed by atoms with E-state index >= 15 is 4.39 Å². The molecule has 0 spiro atoms. The molecule has 0 amide bonds. The Balaban J connectivity index is 1.37. The van der Waals surface area contributed by atoms with E-state index in [2.05, 4.69) is 0 Å². The maximum atomic E-state index is 15.1. The normalized spacial score (nSPS) is 12.5. The summed E-state index contributed by atoms with van der Waals surface area (Å²) in [6.07, 6.45) is -2.55. The fourth-order valence-corrected chi connectivity index (χ4v) is 7.28. The van der Waals surface area contributed by atoms with Gasteiger partial charge in [-0.1, -0.05) is 42.1 Å². The van der Waals surface area contributed by atoms with Crippen LogP contribution in [0.15, 0.2) is 146 Å². The Hall–Kier alpha value is -4.16. The van der Waals surface area contributed by atoms with Gasteiger partial charge in [-0.25, -0.2) is 4.39 Å². The molecule has 7 nitrogen and oxygen atoms in total. The minimum Gasteiger partial charge on any atom is -0.491 e. The van der Waals surface area contributed by atoms with Crippen molar-refractivity contribution in [2.75, 3.05) is 19.8 Å². The summed E-state index contributed by atoms with van der Waals surface area (Å²) in [5.74, 6) is 0.342. The molecule has 0 aromatic heterocycles. The highest BCUT2D eigenvalue weighted by Gasteiger charge is 2.29. The van der Waals surface area contributed by atoms with Crippen molar-refractivity contribution in [1.82, 2.24) is 0 Å². The van der Waals surface area contributed by atoms with Gasteiger partial charge in [0.25, 0.3) is 0 Å². The van der Waals surface area contributed by atoms with E-state index < -0.39 is 35.7 Å². The van der Waals surface area contributed by atoms with Gasteiger partial charge in [0.05, 0.1) is 17.5 Å². The SMILES string of the molecule is O=C(c1ccccc1)c1ccc(Sc2ccc([S+](c3ccc(OCC(O)O)cc3)c3ccc(OCC(O)CO)cc3)cc2)c(F)c1. The fraction of sp³-hybridized carbons (Fsp3) is 0.139. The quantitative estimate of drug-likeness (QED) is 0.0680. The second-order valence-electron chi connectivity index (χ2n) is 10.1. The van der Waals surface area contributed by atoms with Crippen molar-refractivity contribution < 1.29 is 39.1 Å². The molecule has 5 aromatic carbocycles. The maximum absolute atomic E-state index is 15.1. The summed E-state index contributed by atoms with van der Waals surface area (Å²) >= 11 is 1.27. The Morgan fingerprint density at radius 2 is 1.24 bits per heavy atom. The summed E-state index contributed by atoms with van der Waals surface area (Å²) in [5.41, 5.74) is 0.791. The molecule has 5 aromatic rings. The lowest BCUT2D eigenvalue weighted by molar-refractivity contribution is -0.0680. The van der Waals surface area contributed by atoms with Gasteiger partial charge >= 0.3 is 0 Å². The molecule has 10 heteroatoms. The molecule has 0 aliphatic carbocycles. The van der Waals surface area contributed by atoms with Crippen LogP contribution in [-0.4, -0.2) is 58.4 Å². The van der Waals surface area contributed by atoms with E-state index in [9.17, 15) is 9.90 Å². The molecule has 0 radical (unpaired) electrons. The number of aliphatic hydroxyl groups excluding tert-OH is 3. The van der Waals surface area contributed by atoms with Crippen LogP contribution in [0, 0.1) is 5.82 Å². The van der Waals surface area contributed by atoms with Crippen LogP contribution in [0.5, 0.6) is 11.5 Å². The molecule has 2 unspecified atom stereocenters. The standard InChI is InChI=1S/C36H32FO7S2/c37-33-20-25(36(42)24-4-2-1-3-5-24)6-19-34(33)45-29-11-17-32(18-12-29)46(31-15-9-28(10-16-31)44-23-35(40)41)30-13-7-27(8-14-30)43-22-26(39)21-38/h1-20,26,35,38-41H,21-23H2/q+1.